The lowest BCUT2D eigenvalue weighted by atomic mass is 10.0. The van der Waals surface area contributed by atoms with Gasteiger partial charge in [-0.1, -0.05) is 127 Å². The van der Waals surface area contributed by atoms with Gasteiger partial charge in [0.15, 0.2) is 0 Å². The molecule has 0 fully saturated rings. The summed E-state index contributed by atoms with van der Waals surface area (Å²) in [5.41, 5.74) is 5.80. The first-order valence-electron chi connectivity index (χ1n) is 14.1. The lowest BCUT2D eigenvalue weighted by molar-refractivity contribution is 0.589. The van der Waals surface area contributed by atoms with Gasteiger partial charge < -0.3 is 0 Å². The molecule has 1 nitrogen and oxygen atoms in total. The fourth-order valence-corrected chi connectivity index (χ4v) is 4.72. The first-order valence-corrected chi connectivity index (χ1v) is 14.1. The number of nitrogens with zero attached hydrogens (tertiary/aromatic N) is 1. The van der Waals surface area contributed by atoms with Crippen molar-refractivity contribution in [1.29, 1.82) is 0 Å². The third-order valence-electron chi connectivity index (χ3n) is 7.00. The van der Waals surface area contributed by atoms with Crippen LogP contribution in [0.4, 0.5) is 4.39 Å². The quantitative estimate of drug-likeness (QED) is 0.149. The molecule has 0 bridgehead atoms. The Morgan fingerprint density at radius 1 is 0.514 bits per heavy atom. The van der Waals surface area contributed by atoms with Crippen LogP contribution < -0.4 is 0 Å². The number of pyridine rings is 1. The predicted octanol–water partition coefficient (Wildman–Crippen LogP) is 10.4. The number of rotatable bonds is 16. The van der Waals surface area contributed by atoms with Crippen LogP contribution in [-0.4, -0.2) is 4.98 Å². The maximum atomic E-state index is 14.9. The minimum absolute atomic E-state index is 0.401. The van der Waals surface area contributed by atoms with Crippen molar-refractivity contribution in [3.63, 3.8) is 0 Å². The van der Waals surface area contributed by atoms with E-state index in [0.717, 1.165) is 24.0 Å². The van der Waals surface area contributed by atoms with Gasteiger partial charge in [0.1, 0.15) is 0 Å². The van der Waals surface area contributed by atoms with E-state index in [-0.39, 0.29) is 0 Å². The Labute approximate surface area is 213 Å². The summed E-state index contributed by atoms with van der Waals surface area (Å²) in [5, 5.41) is 0. The summed E-state index contributed by atoms with van der Waals surface area (Å²) in [6.45, 7) is 4.50. The van der Waals surface area contributed by atoms with Gasteiger partial charge in [0, 0.05) is 11.1 Å². The van der Waals surface area contributed by atoms with Crippen LogP contribution in [0.2, 0.25) is 0 Å². The summed E-state index contributed by atoms with van der Waals surface area (Å²) in [6, 6.07) is 20.6. The van der Waals surface area contributed by atoms with E-state index >= 15 is 0 Å². The number of aromatic nitrogens is 1. The molecule has 0 radical (unpaired) electrons. The maximum absolute atomic E-state index is 14.9. The molecular weight excluding hydrogens is 429 g/mol. The summed E-state index contributed by atoms with van der Waals surface area (Å²) in [4.78, 5) is 4.29. The van der Waals surface area contributed by atoms with E-state index in [2.05, 4.69) is 55.2 Å². The molecule has 35 heavy (non-hydrogen) atoms. The topological polar surface area (TPSA) is 12.9 Å². The molecule has 0 atom stereocenters. The van der Waals surface area contributed by atoms with Crippen molar-refractivity contribution in [2.24, 2.45) is 0 Å². The highest BCUT2D eigenvalue weighted by atomic mass is 19.1. The minimum atomic E-state index is -0.401. The third kappa shape index (κ3) is 9.24. The van der Waals surface area contributed by atoms with Gasteiger partial charge in [-0.15, -0.1) is 0 Å². The number of hydrogen-bond donors (Lipinski definition) is 0. The summed E-state index contributed by atoms with van der Waals surface area (Å²) in [5.74, 6) is -0.401. The Morgan fingerprint density at radius 2 is 0.971 bits per heavy atom. The monoisotopic (exact) mass is 473 g/mol. The number of aryl methyl sites for hydroxylation is 2. The van der Waals surface area contributed by atoms with Crippen molar-refractivity contribution < 1.29 is 4.39 Å². The lowest BCUT2D eigenvalue weighted by Gasteiger charge is -2.08. The van der Waals surface area contributed by atoms with Crippen LogP contribution in [0.25, 0.3) is 22.4 Å². The molecule has 0 aliphatic carbocycles. The van der Waals surface area contributed by atoms with E-state index in [1.807, 2.05) is 24.3 Å². The standard InChI is InChI=1S/C33H44FN/c1-3-5-7-9-10-12-14-16-28-19-23-30(24-20-28)32-26-25-31(33(34)35-32)29-21-17-27(18-22-29)15-13-11-8-6-4-2/h17-26H,3-16H2,1-2H3. The van der Waals surface area contributed by atoms with Gasteiger partial charge in [-0.3, -0.25) is 0 Å². The Bertz CT molecular complexity index is 975. The van der Waals surface area contributed by atoms with Crippen LogP contribution in [0, 0.1) is 5.95 Å². The van der Waals surface area contributed by atoms with Gasteiger partial charge in [-0.05, 0) is 54.5 Å². The summed E-state index contributed by atoms with van der Waals surface area (Å²) >= 11 is 0. The van der Waals surface area contributed by atoms with Crippen molar-refractivity contribution in [3.05, 3.63) is 77.7 Å². The molecule has 0 aliphatic rings. The second-order valence-electron chi connectivity index (χ2n) is 9.96. The highest BCUT2D eigenvalue weighted by Crippen LogP contribution is 2.26. The molecule has 0 saturated heterocycles. The zero-order valence-corrected chi connectivity index (χ0v) is 22.0. The second kappa shape index (κ2) is 15.5. The van der Waals surface area contributed by atoms with Crippen LogP contribution >= 0.6 is 0 Å². The zero-order chi connectivity index (χ0) is 24.7. The van der Waals surface area contributed by atoms with E-state index in [0.29, 0.717) is 11.3 Å². The third-order valence-corrected chi connectivity index (χ3v) is 7.00. The molecule has 2 aromatic carbocycles. The highest BCUT2D eigenvalue weighted by molar-refractivity contribution is 5.67. The maximum Gasteiger partial charge on any atom is 0.221 e. The molecule has 0 unspecified atom stereocenters. The molecule has 1 heterocycles. The molecule has 0 N–H and O–H groups in total. The molecule has 0 amide bonds. The van der Waals surface area contributed by atoms with Crippen molar-refractivity contribution in [3.8, 4) is 22.4 Å². The molecule has 0 aliphatic heterocycles. The minimum Gasteiger partial charge on any atom is -0.219 e. The molecule has 0 spiro atoms. The molecule has 2 heteroatoms. The van der Waals surface area contributed by atoms with Gasteiger partial charge in [-0.2, -0.15) is 4.39 Å². The van der Waals surface area contributed by atoms with Crippen LogP contribution in [0.1, 0.15) is 102 Å². The fourth-order valence-electron chi connectivity index (χ4n) is 4.72. The Morgan fingerprint density at radius 3 is 1.46 bits per heavy atom. The first-order chi connectivity index (χ1) is 17.2. The van der Waals surface area contributed by atoms with Crippen LogP contribution in [0.5, 0.6) is 0 Å². The summed E-state index contributed by atoms with van der Waals surface area (Å²) < 4.78 is 14.9. The van der Waals surface area contributed by atoms with Crippen LogP contribution in [-0.2, 0) is 12.8 Å². The molecular formula is C33H44FN. The van der Waals surface area contributed by atoms with E-state index < -0.39 is 5.95 Å². The highest BCUT2D eigenvalue weighted by Gasteiger charge is 2.09. The largest absolute Gasteiger partial charge is 0.221 e. The molecule has 1 aromatic heterocycles. The molecule has 3 aromatic rings. The van der Waals surface area contributed by atoms with Gasteiger partial charge in [-0.25, -0.2) is 4.98 Å². The zero-order valence-electron chi connectivity index (χ0n) is 22.0. The van der Waals surface area contributed by atoms with Gasteiger partial charge in [0.2, 0.25) is 5.95 Å². The van der Waals surface area contributed by atoms with Crippen molar-refractivity contribution in [2.75, 3.05) is 0 Å². The predicted molar refractivity (Wildman–Crippen MR) is 149 cm³/mol. The van der Waals surface area contributed by atoms with Gasteiger partial charge in [0.05, 0.1) is 5.69 Å². The van der Waals surface area contributed by atoms with Gasteiger partial charge >= 0.3 is 0 Å². The van der Waals surface area contributed by atoms with Crippen LogP contribution in [0.15, 0.2) is 60.7 Å². The second-order valence-corrected chi connectivity index (χ2v) is 9.96. The number of unbranched alkanes of at least 4 members (excludes halogenated alkanes) is 10. The van der Waals surface area contributed by atoms with Crippen molar-refractivity contribution >= 4 is 0 Å². The Balaban J connectivity index is 1.51. The average molecular weight is 474 g/mol. The van der Waals surface area contributed by atoms with E-state index in [9.17, 15) is 4.39 Å². The Kier molecular flexibility index (Phi) is 12.0. The molecule has 188 valence electrons. The summed E-state index contributed by atoms with van der Waals surface area (Å²) in [6.07, 6.45) is 17.9. The molecule has 0 saturated carbocycles. The first kappa shape index (κ1) is 27.1. The van der Waals surface area contributed by atoms with E-state index in [1.54, 1.807) is 0 Å². The van der Waals surface area contributed by atoms with E-state index in [1.165, 1.54) is 88.2 Å². The fraction of sp³-hybridized carbons (Fsp3) is 0.485. The van der Waals surface area contributed by atoms with Crippen LogP contribution in [0.3, 0.4) is 0 Å². The normalized spacial score (nSPS) is 11.2. The van der Waals surface area contributed by atoms with Crippen molar-refractivity contribution in [2.45, 2.75) is 104 Å². The van der Waals surface area contributed by atoms with E-state index in [4.69, 9.17) is 0 Å². The number of halogens is 1. The lowest BCUT2D eigenvalue weighted by Crippen LogP contribution is -1.94. The SMILES string of the molecule is CCCCCCCCCc1ccc(-c2ccc(-c3ccc(CCCCCCC)cc3)c(F)n2)cc1. The average Bonchev–Trinajstić information content (AvgIpc) is 2.89. The van der Waals surface area contributed by atoms with Crippen molar-refractivity contribution in [1.82, 2.24) is 4.98 Å². The number of hydrogen-bond acceptors (Lipinski definition) is 1. The Hall–Kier alpha value is -2.48. The molecule has 3 rings (SSSR count). The smallest absolute Gasteiger partial charge is 0.219 e. The summed E-state index contributed by atoms with van der Waals surface area (Å²) in [7, 11) is 0. The number of benzene rings is 2. The van der Waals surface area contributed by atoms with Gasteiger partial charge in [0.25, 0.3) is 0 Å².